The van der Waals surface area contributed by atoms with Crippen molar-refractivity contribution in [1.82, 2.24) is 0 Å². The summed E-state index contributed by atoms with van der Waals surface area (Å²) in [5.41, 5.74) is 4.02. The molecule has 1 rings (SSSR count). The van der Waals surface area contributed by atoms with E-state index in [1.54, 1.807) is 0 Å². The van der Waals surface area contributed by atoms with Gasteiger partial charge in [-0.3, -0.25) is 0 Å². The predicted octanol–water partition coefficient (Wildman–Crippen LogP) is 2.07. The number of benzene rings is 1. The molecule has 2 heteroatoms. The average molecular weight is 166 g/mol. The van der Waals surface area contributed by atoms with Gasteiger partial charge < -0.3 is 0 Å². The molecular weight excluding hydrogens is 154 g/mol. The second kappa shape index (κ2) is 3.31. The first-order valence-corrected chi connectivity index (χ1v) is 4.28. The van der Waals surface area contributed by atoms with Gasteiger partial charge in [0.15, 0.2) is 7.28 Å². The summed E-state index contributed by atoms with van der Waals surface area (Å²) in [7, 11) is 1.06. The monoisotopic (exact) mass is 166 g/mol. The van der Waals surface area contributed by atoms with Crippen molar-refractivity contribution in [1.29, 1.82) is 0 Å². The van der Waals surface area contributed by atoms with Crippen molar-refractivity contribution in [3.63, 3.8) is 0 Å². The van der Waals surface area contributed by atoms with Crippen LogP contribution in [-0.4, -0.2) is 7.28 Å². The molecule has 0 N–H and O–H groups in total. The molecule has 0 saturated heterocycles. The number of aryl methyl sites for hydroxylation is 1. The van der Waals surface area contributed by atoms with Crippen LogP contribution >= 0.6 is 11.6 Å². The first kappa shape index (κ1) is 8.67. The van der Waals surface area contributed by atoms with E-state index < -0.39 is 0 Å². The van der Waals surface area contributed by atoms with Gasteiger partial charge in [-0.1, -0.05) is 29.5 Å². The van der Waals surface area contributed by atoms with E-state index in [-0.39, 0.29) is 0 Å². The molecule has 0 bridgehead atoms. The summed E-state index contributed by atoms with van der Waals surface area (Å²) in [6.45, 7) is 6.39. The van der Waals surface area contributed by atoms with Crippen molar-refractivity contribution < 1.29 is 0 Å². The van der Waals surface area contributed by atoms with E-state index in [0.29, 0.717) is 0 Å². The number of rotatable bonds is 1. The molecule has 11 heavy (non-hydrogen) atoms. The lowest BCUT2D eigenvalue weighted by molar-refractivity contribution is 1.37. The molecule has 0 aliphatic carbocycles. The Morgan fingerprint density at radius 1 is 1.27 bits per heavy atom. The van der Waals surface area contributed by atoms with Crippen LogP contribution in [0.15, 0.2) is 12.1 Å². The summed E-state index contributed by atoms with van der Waals surface area (Å²) in [5.74, 6) is 0. The van der Waals surface area contributed by atoms with Gasteiger partial charge in [-0.2, -0.15) is 0 Å². The molecule has 0 radical (unpaired) electrons. The Labute approximate surface area is 73.8 Å². The van der Waals surface area contributed by atoms with Crippen molar-refractivity contribution >= 4 is 24.3 Å². The molecule has 0 aliphatic heterocycles. The molecule has 0 nitrogen and oxygen atoms in total. The van der Waals surface area contributed by atoms with Crippen LogP contribution in [0, 0.1) is 13.8 Å². The van der Waals surface area contributed by atoms with Crippen LogP contribution < -0.4 is 5.46 Å². The third-order valence-corrected chi connectivity index (χ3v) is 2.34. The SMILES string of the molecule is CBc1cc(Cl)cc(C)c1C. The van der Waals surface area contributed by atoms with Crippen LogP contribution in [0.2, 0.25) is 11.8 Å². The van der Waals surface area contributed by atoms with E-state index in [0.717, 1.165) is 12.3 Å². The maximum Gasteiger partial charge on any atom is 0.154 e. The smallest absolute Gasteiger partial charge is 0.0849 e. The highest BCUT2D eigenvalue weighted by Crippen LogP contribution is 2.11. The average Bonchev–Trinajstić information content (AvgIpc) is 1.96. The molecule has 0 unspecified atom stereocenters. The van der Waals surface area contributed by atoms with Gasteiger partial charge >= 0.3 is 0 Å². The highest BCUT2D eigenvalue weighted by Gasteiger charge is 2.00. The molecule has 0 amide bonds. The summed E-state index contributed by atoms with van der Waals surface area (Å²) in [6, 6.07) is 4.06. The largest absolute Gasteiger partial charge is 0.154 e. The quantitative estimate of drug-likeness (QED) is 0.560. The van der Waals surface area contributed by atoms with E-state index in [1.807, 2.05) is 12.1 Å². The second-order valence-electron chi connectivity index (χ2n) is 2.86. The standard InChI is InChI=1S/C9H12BCl/c1-6-4-8(11)5-9(10-3)7(6)2/h4-5,10H,1-3H3. The molecule has 0 saturated carbocycles. The summed E-state index contributed by atoms with van der Waals surface area (Å²) in [6.07, 6.45) is 0. The lowest BCUT2D eigenvalue weighted by Crippen LogP contribution is -2.15. The van der Waals surface area contributed by atoms with E-state index in [2.05, 4.69) is 20.7 Å². The zero-order valence-corrected chi connectivity index (χ0v) is 8.00. The Balaban J connectivity index is 3.24. The number of hydrogen-bond acceptors (Lipinski definition) is 0. The summed E-state index contributed by atoms with van der Waals surface area (Å²) >= 11 is 5.90. The van der Waals surface area contributed by atoms with Gasteiger partial charge in [-0.05, 0) is 31.5 Å². The first-order valence-electron chi connectivity index (χ1n) is 3.90. The maximum atomic E-state index is 5.90. The fourth-order valence-electron chi connectivity index (χ4n) is 1.25. The summed E-state index contributed by atoms with van der Waals surface area (Å²) in [4.78, 5) is 0. The van der Waals surface area contributed by atoms with Crippen LogP contribution in [0.4, 0.5) is 0 Å². The van der Waals surface area contributed by atoms with Crippen molar-refractivity contribution in [3.8, 4) is 0 Å². The van der Waals surface area contributed by atoms with Crippen LogP contribution in [-0.2, 0) is 0 Å². The topological polar surface area (TPSA) is 0 Å². The van der Waals surface area contributed by atoms with Crippen LogP contribution in [0.1, 0.15) is 11.1 Å². The fourth-order valence-corrected chi connectivity index (χ4v) is 1.55. The molecule has 58 valence electrons. The lowest BCUT2D eigenvalue weighted by atomic mass is 9.70. The highest BCUT2D eigenvalue weighted by atomic mass is 35.5. The molecule has 0 aromatic heterocycles. The molecular formula is C9H12BCl. The maximum absolute atomic E-state index is 5.90. The van der Waals surface area contributed by atoms with Gasteiger partial charge in [0, 0.05) is 5.02 Å². The van der Waals surface area contributed by atoms with Crippen molar-refractivity contribution in [2.24, 2.45) is 0 Å². The lowest BCUT2D eigenvalue weighted by Gasteiger charge is -2.06. The summed E-state index contributed by atoms with van der Waals surface area (Å²) < 4.78 is 0. The van der Waals surface area contributed by atoms with Gasteiger partial charge in [0.25, 0.3) is 0 Å². The van der Waals surface area contributed by atoms with Gasteiger partial charge in [0.1, 0.15) is 0 Å². The van der Waals surface area contributed by atoms with E-state index >= 15 is 0 Å². The Hall–Kier alpha value is -0.425. The Morgan fingerprint density at radius 3 is 2.45 bits per heavy atom. The predicted molar refractivity (Wildman–Crippen MR) is 53.6 cm³/mol. The zero-order chi connectivity index (χ0) is 8.43. The minimum Gasteiger partial charge on any atom is -0.0849 e. The van der Waals surface area contributed by atoms with Crippen LogP contribution in [0.5, 0.6) is 0 Å². The van der Waals surface area contributed by atoms with E-state index in [9.17, 15) is 0 Å². The van der Waals surface area contributed by atoms with Crippen molar-refractivity contribution in [3.05, 3.63) is 28.3 Å². The number of halogens is 1. The normalized spacial score (nSPS) is 9.82. The second-order valence-corrected chi connectivity index (χ2v) is 3.30. The molecule has 0 spiro atoms. The van der Waals surface area contributed by atoms with E-state index in [1.165, 1.54) is 16.6 Å². The molecule has 0 fully saturated rings. The number of hydrogen-bond donors (Lipinski definition) is 0. The summed E-state index contributed by atoms with van der Waals surface area (Å²) in [5, 5.41) is 0.852. The Kier molecular flexibility index (Phi) is 2.61. The third kappa shape index (κ3) is 1.78. The molecule has 1 aromatic carbocycles. The van der Waals surface area contributed by atoms with Crippen LogP contribution in [0.3, 0.4) is 0 Å². The molecule has 1 aromatic rings. The molecule has 0 heterocycles. The third-order valence-electron chi connectivity index (χ3n) is 2.12. The van der Waals surface area contributed by atoms with Gasteiger partial charge in [-0.25, -0.2) is 0 Å². The highest BCUT2D eigenvalue weighted by molar-refractivity contribution is 6.53. The van der Waals surface area contributed by atoms with Crippen LogP contribution in [0.25, 0.3) is 0 Å². The molecule has 0 atom stereocenters. The van der Waals surface area contributed by atoms with Gasteiger partial charge in [0.2, 0.25) is 0 Å². The Bertz CT molecular complexity index is 269. The minimum absolute atomic E-state index is 0.852. The van der Waals surface area contributed by atoms with Crippen molar-refractivity contribution in [2.45, 2.75) is 20.7 Å². The van der Waals surface area contributed by atoms with E-state index in [4.69, 9.17) is 11.6 Å². The minimum atomic E-state index is 0.852. The fraction of sp³-hybridized carbons (Fsp3) is 0.333. The first-order chi connectivity index (χ1) is 5.15. The molecule has 0 aliphatic rings. The zero-order valence-electron chi connectivity index (χ0n) is 7.24. The van der Waals surface area contributed by atoms with Crippen molar-refractivity contribution in [2.75, 3.05) is 0 Å². The van der Waals surface area contributed by atoms with Gasteiger partial charge in [-0.15, -0.1) is 0 Å². The van der Waals surface area contributed by atoms with Gasteiger partial charge in [0.05, 0.1) is 0 Å². The Morgan fingerprint density at radius 2 is 1.91 bits per heavy atom.